The summed E-state index contributed by atoms with van der Waals surface area (Å²) in [5, 5.41) is 11.1. The molecule has 0 spiro atoms. The first-order chi connectivity index (χ1) is 11.8. The Bertz CT molecular complexity index is 545. The van der Waals surface area contributed by atoms with E-state index in [-0.39, 0.29) is 5.91 Å². The van der Waals surface area contributed by atoms with Crippen LogP contribution < -0.4 is 0 Å². The van der Waals surface area contributed by atoms with Gasteiger partial charge in [-0.05, 0) is 42.0 Å². The molecule has 4 fully saturated rings. The van der Waals surface area contributed by atoms with Crippen molar-refractivity contribution in [1.82, 2.24) is 30.0 Å². The summed E-state index contributed by atoms with van der Waals surface area (Å²) in [5.41, 5.74) is 0. The molecule has 0 radical (unpaired) electrons. The summed E-state index contributed by atoms with van der Waals surface area (Å²) in [4.78, 5) is 17.5. The van der Waals surface area contributed by atoms with E-state index in [1.807, 2.05) is 0 Å². The van der Waals surface area contributed by atoms with E-state index in [9.17, 15) is 4.79 Å². The topological polar surface area (TPSA) is 76.4 Å². The van der Waals surface area contributed by atoms with E-state index in [1.165, 1.54) is 6.42 Å². The summed E-state index contributed by atoms with van der Waals surface area (Å²) < 4.78 is 7.14. The van der Waals surface area contributed by atoms with Crippen molar-refractivity contribution >= 4 is 5.91 Å². The fourth-order valence-electron chi connectivity index (χ4n) is 4.41. The van der Waals surface area contributed by atoms with Crippen molar-refractivity contribution in [2.75, 3.05) is 32.8 Å². The van der Waals surface area contributed by atoms with Crippen molar-refractivity contribution in [1.29, 1.82) is 0 Å². The molecule has 0 unspecified atom stereocenters. The molecular weight excluding hydrogens is 308 g/mol. The van der Waals surface area contributed by atoms with Gasteiger partial charge in [-0.1, -0.05) is 0 Å². The zero-order valence-electron chi connectivity index (χ0n) is 14.1. The molecule has 1 aromatic heterocycles. The Morgan fingerprint density at radius 3 is 2.75 bits per heavy atom. The average Bonchev–Trinajstić information content (AvgIpc) is 2.98. The lowest BCUT2D eigenvalue weighted by Gasteiger charge is -2.37. The molecule has 0 N–H and O–H groups in total. The smallest absolute Gasteiger partial charge is 0.224 e. The van der Waals surface area contributed by atoms with Gasteiger partial charge in [-0.25, -0.2) is 4.68 Å². The van der Waals surface area contributed by atoms with Gasteiger partial charge >= 0.3 is 0 Å². The summed E-state index contributed by atoms with van der Waals surface area (Å²) in [5.74, 6) is 0.859. The van der Waals surface area contributed by atoms with Crippen molar-refractivity contribution in [3.05, 3.63) is 6.33 Å². The van der Waals surface area contributed by atoms with Gasteiger partial charge in [-0.2, -0.15) is 0 Å². The van der Waals surface area contributed by atoms with Crippen LogP contribution in [0.15, 0.2) is 6.33 Å². The van der Waals surface area contributed by atoms with E-state index in [1.54, 1.807) is 11.0 Å². The summed E-state index contributed by atoms with van der Waals surface area (Å²) in [7, 11) is 0. The first kappa shape index (κ1) is 16.0. The number of rotatable bonds is 4. The normalized spacial score (nSPS) is 28.9. The lowest BCUT2D eigenvalue weighted by atomic mass is 9.94. The Hall–Kier alpha value is -1.54. The third-order valence-corrected chi connectivity index (χ3v) is 5.72. The van der Waals surface area contributed by atoms with Gasteiger partial charge in [0.25, 0.3) is 0 Å². The Morgan fingerprint density at radius 2 is 1.96 bits per heavy atom. The van der Waals surface area contributed by atoms with Crippen LogP contribution in [0.1, 0.15) is 32.1 Å². The third-order valence-electron chi connectivity index (χ3n) is 5.72. The molecule has 2 bridgehead atoms. The summed E-state index contributed by atoms with van der Waals surface area (Å²) in [6.07, 6.45) is 6.70. The van der Waals surface area contributed by atoms with Gasteiger partial charge in [0.15, 0.2) is 0 Å². The van der Waals surface area contributed by atoms with Gasteiger partial charge in [0.1, 0.15) is 6.33 Å². The average molecular weight is 334 g/mol. The second kappa shape index (κ2) is 7.14. The number of tetrazole rings is 1. The molecule has 8 nitrogen and oxygen atoms in total. The summed E-state index contributed by atoms with van der Waals surface area (Å²) in [6.45, 7) is 5.40. The van der Waals surface area contributed by atoms with Crippen LogP contribution in [0.2, 0.25) is 0 Å². The molecule has 1 aromatic rings. The zero-order chi connectivity index (χ0) is 16.4. The predicted molar refractivity (Wildman–Crippen MR) is 86.1 cm³/mol. The van der Waals surface area contributed by atoms with Crippen LogP contribution >= 0.6 is 0 Å². The number of aromatic nitrogens is 4. The van der Waals surface area contributed by atoms with Crippen molar-refractivity contribution in [2.45, 2.75) is 50.7 Å². The molecular formula is C16H26N6O2. The number of amides is 1. The number of ether oxygens (including phenoxy) is 1. The van der Waals surface area contributed by atoms with E-state index in [4.69, 9.17) is 4.74 Å². The largest absolute Gasteiger partial charge is 0.381 e. The molecule has 2 atom stereocenters. The fourth-order valence-corrected chi connectivity index (χ4v) is 4.41. The lowest BCUT2D eigenvalue weighted by Crippen LogP contribution is -2.48. The maximum Gasteiger partial charge on any atom is 0.224 e. The Morgan fingerprint density at radius 1 is 1.08 bits per heavy atom. The van der Waals surface area contributed by atoms with Crippen molar-refractivity contribution in [2.24, 2.45) is 5.92 Å². The van der Waals surface area contributed by atoms with E-state index in [0.717, 1.165) is 52.1 Å². The molecule has 24 heavy (non-hydrogen) atoms. The lowest BCUT2D eigenvalue weighted by molar-refractivity contribution is -0.135. The van der Waals surface area contributed by atoms with E-state index < -0.39 is 0 Å². The van der Waals surface area contributed by atoms with Crippen LogP contribution in [-0.2, 0) is 16.1 Å². The second-order valence-electron chi connectivity index (χ2n) is 7.26. The zero-order valence-corrected chi connectivity index (χ0v) is 14.1. The van der Waals surface area contributed by atoms with Crippen molar-refractivity contribution in [3.63, 3.8) is 0 Å². The number of piperidine rings is 1. The SMILES string of the molecule is O=C(CCn1cnnn1)N1C[C@H]2CC[C@@H]1CN(C1CCOCC1)C2. The molecule has 5 rings (SSSR count). The van der Waals surface area contributed by atoms with Gasteiger partial charge in [0.2, 0.25) is 5.91 Å². The van der Waals surface area contributed by atoms with E-state index in [0.29, 0.717) is 31.0 Å². The highest BCUT2D eigenvalue weighted by atomic mass is 16.5. The van der Waals surface area contributed by atoms with E-state index >= 15 is 0 Å². The van der Waals surface area contributed by atoms with Gasteiger partial charge in [-0.3, -0.25) is 9.69 Å². The monoisotopic (exact) mass is 334 g/mol. The number of hydrogen-bond donors (Lipinski definition) is 0. The molecule has 0 aromatic carbocycles. The highest BCUT2D eigenvalue weighted by Crippen LogP contribution is 2.31. The minimum atomic E-state index is 0.244. The van der Waals surface area contributed by atoms with Gasteiger partial charge in [-0.15, -0.1) is 5.10 Å². The van der Waals surface area contributed by atoms with Crippen LogP contribution in [0, 0.1) is 5.92 Å². The van der Waals surface area contributed by atoms with Crippen LogP contribution in [0.25, 0.3) is 0 Å². The number of carbonyl (C=O) groups is 1. The molecule has 4 saturated heterocycles. The predicted octanol–water partition coefficient (Wildman–Crippen LogP) is 0.165. The first-order valence-corrected chi connectivity index (χ1v) is 9.11. The van der Waals surface area contributed by atoms with Crippen LogP contribution in [0.5, 0.6) is 0 Å². The van der Waals surface area contributed by atoms with Crippen molar-refractivity contribution < 1.29 is 9.53 Å². The standard InChI is InChI=1S/C16H26N6O2/c23-16(3-6-21-12-17-18-19-21)22-10-13-1-2-15(22)11-20(9-13)14-4-7-24-8-5-14/h12-15H,1-11H2/t13-,15+/m0/s1. The summed E-state index contributed by atoms with van der Waals surface area (Å²) >= 11 is 0. The van der Waals surface area contributed by atoms with Crippen molar-refractivity contribution in [3.8, 4) is 0 Å². The van der Waals surface area contributed by atoms with Crippen LogP contribution in [-0.4, -0.2) is 80.8 Å². The number of fused-ring (bicyclic) bond motifs is 4. The van der Waals surface area contributed by atoms with Crippen LogP contribution in [0.3, 0.4) is 0 Å². The Labute approximate surface area is 142 Å². The molecule has 0 saturated carbocycles. The van der Waals surface area contributed by atoms with Gasteiger partial charge in [0.05, 0.1) is 6.54 Å². The number of aryl methyl sites for hydroxylation is 1. The minimum Gasteiger partial charge on any atom is -0.381 e. The molecule has 8 heteroatoms. The molecule has 132 valence electrons. The minimum absolute atomic E-state index is 0.244. The third kappa shape index (κ3) is 3.44. The van der Waals surface area contributed by atoms with Crippen LogP contribution in [0.4, 0.5) is 0 Å². The Balaban J connectivity index is 1.38. The molecule has 4 aliphatic heterocycles. The van der Waals surface area contributed by atoms with Gasteiger partial charge in [0, 0.05) is 51.4 Å². The maximum atomic E-state index is 12.7. The number of nitrogens with zero attached hydrogens (tertiary/aromatic N) is 6. The Kier molecular flexibility index (Phi) is 4.75. The highest BCUT2D eigenvalue weighted by molar-refractivity contribution is 5.76. The van der Waals surface area contributed by atoms with E-state index in [2.05, 4.69) is 25.3 Å². The molecule has 1 amide bonds. The molecule has 5 heterocycles. The fraction of sp³-hybridized carbons (Fsp3) is 0.875. The second-order valence-corrected chi connectivity index (χ2v) is 7.26. The number of hydrogen-bond acceptors (Lipinski definition) is 6. The molecule has 0 aliphatic carbocycles. The quantitative estimate of drug-likeness (QED) is 0.781. The highest BCUT2D eigenvalue weighted by Gasteiger charge is 2.39. The first-order valence-electron chi connectivity index (χ1n) is 9.11. The maximum absolute atomic E-state index is 12.7. The summed E-state index contributed by atoms with van der Waals surface area (Å²) in [6, 6.07) is 1.01. The molecule has 4 aliphatic rings. The number of carbonyl (C=O) groups excluding carboxylic acids is 1. The van der Waals surface area contributed by atoms with Gasteiger partial charge < -0.3 is 9.64 Å².